The molecule has 47 heavy (non-hydrogen) atoms. The van der Waals surface area contributed by atoms with Crippen molar-refractivity contribution in [2.24, 2.45) is 14.1 Å². The van der Waals surface area contributed by atoms with Gasteiger partial charge in [0, 0.05) is 58.2 Å². The molecule has 3 N–H and O–H groups in total. The van der Waals surface area contributed by atoms with Gasteiger partial charge in [0.25, 0.3) is 17.7 Å². The number of morpholine rings is 1. The molecule has 3 heterocycles. The third-order valence-corrected chi connectivity index (χ3v) is 7.69. The highest BCUT2D eigenvalue weighted by atomic mass is 19.4. The molecule has 4 aromatic rings. The summed E-state index contributed by atoms with van der Waals surface area (Å²) in [6, 6.07) is 14.7. The Hall–Kier alpha value is -5.14. The van der Waals surface area contributed by atoms with Gasteiger partial charge in [0.1, 0.15) is 11.4 Å². The van der Waals surface area contributed by atoms with Crippen molar-refractivity contribution in [3.8, 4) is 0 Å². The normalized spacial score (nSPS) is 13.9. The van der Waals surface area contributed by atoms with Gasteiger partial charge >= 0.3 is 6.18 Å². The molecule has 0 radical (unpaired) electrons. The van der Waals surface area contributed by atoms with Crippen molar-refractivity contribution < 1.29 is 32.3 Å². The molecule has 0 spiro atoms. The van der Waals surface area contributed by atoms with Crippen molar-refractivity contribution in [2.75, 3.05) is 50.0 Å². The predicted molar refractivity (Wildman–Crippen MR) is 173 cm³/mol. The van der Waals surface area contributed by atoms with E-state index in [0.717, 1.165) is 37.3 Å². The molecular weight excluding hydrogens is 613 g/mol. The van der Waals surface area contributed by atoms with Gasteiger partial charge < -0.3 is 29.8 Å². The van der Waals surface area contributed by atoms with Crippen molar-refractivity contribution in [3.63, 3.8) is 0 Å². The number of aryl methyl sites for hydroxylation is 2. The Labute approximate surface area is 269 Å². The molecule has 1 aliphatic heterocycles. The molecular formula is C34H35F3N6O4. The minimum atomic E-state index is -4.39. The predicted octanol–water partition coefficient (Wildman–Crippen LogP) is 5.12. The lowest BCUT2D eigenvalue weighted by Crippen LogP contribution is -2.41. The molecule has 13 heteroatoms. The summed E-state index contributed by atoms with van der Waals surface area (Å²) >= 11 is 0. The SMILES string of the molecule is Cn1cc(NC(=O)c2cc(NC(=O)c3ccc(/C=C/c4ccc(C(F)(F)F)cc4)cc3)cn2C)cc1C(=O)NCCN1CCOCC1. The Balaban J connectivity index is 1.14. The monoisotopic (exact) mass is 648 g/mol. The molecule has 2 aromatic heterocycles. The number of halogens is 3. The zero-order valence-corrected chi connectivity index (χ0v) is 25.9. The van der Waals surface area contributed by atoms with Crippen LogP contribution in [0.15, 0.2) is 73.1 Å². The summed E-state index contributed by atoms with van der Waals surface area (Å²) in [5.41, 5.74) is 2.61. The average molecular weight is 649 g/mol. The molecule has 5 rings (SSSR count). The second-order valence-electron chi connectivity index (χ2n) is 11.1. The van der Waals surface area contributed by atoms with Crippen molar-refractivity contribution in [1.82, 2.24) is 19.4 Å². The zero-order chi connectivity index (χ0) is 33.6. The summed E-state index contributed by atoms with van der Waals surface area (Å²) in [4.78, 5) is 40.9. The van der Waals surface area contributed by atoms with Crippen molar-refractivity contribution >= 4 is 41.2 Å². The molecule has 0 unspecified atom stereocenters. The highest BCUT2D eigenvalue weighted by Gasteiger charge is 2.29. The van der Waals surface area contributed by atoms with Gasteiger partial charge in [-0.1, -0.05) is 36.4 Å². The van der Waals surface area contributed by atoms with Crippen LogP contribution in [0.3, 0.4) is 0 Å². The number of ether oxygens (including phenoxy) is 1. The number of hydrogen-bond acceptors (Lipinski definition) is 5. The average Bonchev–Trinajstić information content (AvgIpc) is 3.61. The Morgan fingerprint density at radius 1 is 0.766 bits per heavy atom. The fourth-order valence-corrected chi connectivity index (χ4v) is 5.08. The number of aromatic nitrogens is 2. The lowest BCUT2D eigenvalue weighted by atomic mass is 10.1. The van der Waals surface area contributed by atoms with Crippen LogP contribution < -0.4 is 16.0 Å². The number of rotatable bonds is 10. The summed E-state index contributed by atoms with van der Waals surface area (Å²) in [6.45, 7) is 4.29. The fourth-order valence-electron chi connectivity index (χ4n) is 5.08. The molecule has 0 saturated carbocycles. The van der Waals surface area contributed by atoms with Crippen molar-refractivity contribution in [3.05, 3.63) is 107 Å². The van der Waals surface area contributed by atoms with Crippen LogP contribution in [0, 0.1) is 0 Å². The topological polar surface area (TPSA) is 110 Å². The highest BCUT2D eigenvalue weighted by Crippen LogP contribution is 2.29. The molecule has 0 bridgehead atoms. The molecule has 1 aliphatic rings. The molecule has 246 valence electrons. The number of carbonyl (C=O) groups excluding carboxylic acids is 3. The van der Waals surface area contributed by atoms with Gasteiger partial charge in [0.15, 0.2) is 0 Å². The van der Waals surface area contributed by atoms with E-state index < -0.39 is 17.6 Å². The number of benzene rings is 2. The molecule has 0 atom stereocenters. The van der Waals surface area contributed by atoms with Crippen molar-refractivity contribution in [1.29, 1.82) is 0 Å². The van der Waals surface area contributed by atoms with Crippen LogP contribution in [0.1, 0.15) is 48.0 Å². The maximum Gasteiger partial charge on any atom is 0.416 e. The third-order valence-electron chi connectivity index (χ3n) is 7.69. The van der Waals surface area contributed by atoms with Crippen LogP contribution in [-0.4, -0.2) is 71.1 Å². The zero-order valence-electron chi connectivity index (χ0n) is 25.9. The van der Waals surface area contributed by atoms with E-state index in [1.165, 1.54) is 12.1 Å². The van der Waals surface area contributed by atoms with E-state index in [-0.39, 0.29) is 11.8 Å². The summed E-state index contributed by atoms with van der Waals surface area (Å²) in [6.07, 6.45) is 2.31. The minimum absolute atomic E-state index is 0.242. The minimum Gasteiger partial charge on any atom is -0.379 e. The maximum atomic E-state index is 13.1. The summed E-state index contributed by atoms with van der Waals surface area (Å²) in [5, 5.41) is 8.51. The van der Waals surface area contributed by atoms with E-state index >= 15 is 0 Å². The van der Waals surface area contributed by atoms with Crippen LogP contribution in [0.25, 0.3) is 12.2 Å². The first-order valence-electron chi connectivity index (χ1n) is 15.0. The number of nitrogens with zero attached hydrogens (tertiary/aromatic N) is 3. The van der Waals surface area contributed by atoms with Gasteiger partial charge in [0.2, 0.25) is 0 Å². The van der Waals surface area contributed by atoms with Gasteiger partial charge in [-0.2, -0.15) is 13.2 Å². The van der Waals surface area contributed by atoms with Crippen LogP contribution in [0.2, 0.25) is 0 Å². The van der Waals surface area contributed by atoms with Crippen LogP contribution in [0.4, 0.5) is 24.5 Å². The molecule has 2 aromatic carbocycles. The maximum absolute atomic E-state index is 13.1. The van der Waals surface area contributed by atoms with E-state index in [1.807, 2.05) is 0 Å². The third kappa shape index (κ3) is 8.77. The second kappa shape index (κ2) is 14.5. The number of carbonyl (C=O) groups is 3. The Morgan fingerprint density at radius 3 is 1.83 bits per heavy atom. The summed E-state index contributed by atoms with van der Waals surface area (Å²) < 4.78 is 46.9. The first-order valence-corrected chi connectivity index (χ1v) is 15.0. The van der Waals surface area contributed by atoms with Crippen LogP contribution in [0.5, 0.6) is 0 Å². The Morgan fingerprint density at radius 2 is 1.28 bits per heavy atom. The van der Waals surface area contributed by atoms with E-state index in [2.05, 4.69) is 20.9 Å². The van der Waals surface area contributed by atoms with Crippen LogP contribution >= 0.6 is 0 Å². The first-order chi connectivity index (χ1) is 22.5. The van der Waals surface area contributed by atoms with E-state index in [9.17, 15) is 27.6 Å². The van der Waals surface area contributed by atoms with E-state index in [4.69, 9.17) is 4.74 Å². The highest BCUT2D eigenvalue weighted by molar-refractivity contribution is 6.07. The van der Waals surface area contributed by atoms with Gasteiger partial charge in [-0.25, -0.2) is 0 Å². The molecule has 10 nitrogen and oxygen atoms in total. The number of nitrogens with one attached hydrogen (secondary N) is 3. The van der Waals surface area contributed by atoms with E-state index in [0.29, 0.717) is 53.6 Å². The molecule has 0 aliphatic carbocycles. The van der Waals surface area contributed by atoms with Gasteiger partial charge in [-0.05, 0) is 47.5 Å². The molecule has 3 amide bonds. The summed E-state index contributed by atoms with van der Waals surface area (Å²) in [7, 11) is 3.41. The van der Waals surface area contributed by atoms with Crippen LogP contribution in [-0.2, 0) is 25.0 Å². The second-order valence-corrected chi connectivity index (χ2v) is 11.1. The number of hydrogen-bond donors (Lipinski definition) is 3. The standard InChI is InChI=1S/C34H35F3N6O4/c1-41-22-28(19-29(41)32(45)38-13-14-43-15-17-47-18-16-43)40-33(46)30-20-27(21-42(30)2)39-31(44)25-9-5-23(6-10-25)3-4-24-7-11-26(12-8-24)34(35,36)37/h3-12,19-22H,13-18H2,1-2H3,(H,38,45)(H,39,44)(H,40,46)/b4-3+. The quantitative estimate of drug-likeness (QED) is 0.207. The van der Waals surface area contributed by atoms with Crippen molar-refractivity contribution in [2.45, 2.75) is 6.18 Å². The van der Waals surface area contributed by atoms with Gasteiger partial charge in [-0.3, -0.25) is 19.3 Å². The Bertz CT molecular complexity index is 1750. The number of anilines is 2. The number of amides is 3. The largest absolute Gasteiger partial charge is 0.416 e. The smallest absolute Gasteiger partial charge is 0.379 e. The fraction of sp³-hybridized carbons (Fsp3) is 0.265. The molecule has 1 saturated heterocycles. The van der Waals surface area contributed by atoms with Gasteiger partial charge in [-0.15, -0.1) is 0 Å². The Kier molecular flexibility index (Phi) is 10.3. The first kappa shape index (κ1) is 33.2. The lowest BCUT2D eigenvalue weighted by Gasteiger charge is -2.26. The summed E-state index contributed by atoms with van der Waals surface area (Å²) in [5.74, 6) is -1.04. The van der Waals surface area contributed by atoms with Gasteiger partial charge in [0.05, 0.1) is 30.2 Å². The van der Waals surface area contributed by atoms with E-state index in [1.54, 1.807) is 84.2 Å². The number of alkyl halides is 3. The lowest BCUT2D eigenvalue weighted by molar-refractivity contribution is -0.137. The molecule has 1 fully saturated rings.